The van der Waals surface area contributed by atoms with Gasteiger partial charge in [-0.05, 0) is 85.0 Å². The van der Waals surface area contributed by atoms with Gasteiger partial charge in [-0.2, -0.15) is 0 Å². The van der Waals surface area contributed by atoms with Crippen molar-refractivity contribution in [1.29, 1.82) is 0 Å². The number of rotatable bonds is 8. The number of methoxy groups -OCH3 is 2. The molecule has 39 heavy (non-hydrogen) atoms. The minimum Gasteiger partial charge on any atom is -0.507 e. The van der Waals surface area contributed by atoms with Crippen LogP contribution < -0.4 is 19.1 Å². The number of ether oxygens (including phenoxy) is 3. The predicted octanol–water partition coefficient (Wildman–Crippen LogP) is 6.81. The molecule has 1 saturated heterocycles. The minimum atomic E-state index is -0.930. The van der Waals surface area contributed by atoms with Crippen LogP contribution in [0.1, 0.15) is 55.0 Å². The Morgan fingerprint density at radius 2 is 1.64 bits per heavy atom. The van der Waals surface area contributed by atoms with Crippen LogP contribution in [0.2, 0.25) is 5.02 Å². The quantitative estimate of drug-likeness (QED) is 0.189. The number of anilines is 1. The second-order valence-corrected chi connectivity index (χ2v) is 9.99. The van der Waals surface area contributed by atoms with Gasteiger partial charge in [0.25, 0.3) is 11.7 Å². The molecule has 0 aliphatic carbocycles. The van der Waals surface area contributed by atoms with Crippen LogP contribution in [0.5, 0.6) is 17.2 Å². The summed E-state index contributed by atoms with van der Waals surface area (Å²) in [6.07, 6.45) is 0. The number of hydrogen-bond donors (Lipinski definition) is 1. The second-order valence-electron chi connectivity index (χ2n) is 9.55. The Kier molecular flexibility index (Phi) is 8.21. The molecule has 3 aromatic rings. The van der Waals surface area contributed by atoms with Crippen LogP contribution >= 0.6 is 11.6 Å². The van der Waals surface area contributed by atoms with Crippen molar-refractivity contribution in [3.8, 4) is 17.2 Å². The molecule has 7 nitrogen and oxygen atoms in total. The molecular formula is C31H32ClNO6. The van der Waals surface area contributed by atoms with Gasteiger partial charge >= 0.3 is 0 Å². The Balaban J connectivity index is 2.01. The van der Waals surface area contributed by atoms with E-state index in [1.165, 1.54) is 12.0 Å². The van der Waals surface area contributed by atoms with Gasteiger partial charge in [-0.1, -0.05) is 31.5 Å². The van der Waals surface area contributed by atoms with E-state index in [-0.39, 0.29) is 17.3 Å². The number of aliphatic hydroxyl groups excluding tert-OH is 1. The Hall–Kier alpha value is -3.97. The number of aliphatic hydroxyl groups is 1. The molecule has 0 radical (unpaired) electrons. The molecule has 0 spiro atoms. The first kappa shape index (κ1) is 28.0. The van der Waals surface area contributed by atoms with Crippen molar-refractivity contribution in [2.45, 2.75) is 39.7 Å². The molecular weight excluding hydrogens is 518 g/mol. The number of halogens is 1. The van der Waals surface area contributed by atoms with Crippen molar-refractivity contribution in [3.63, 3.8) is 0 Å². The molecule has 1 fully saturated rings. The molecule has 1 aliphatic rings. The maximum absolute atomic E-state index is 13.6. The van der Waals surface area contributed by atoms with Gasteiger partial charge in [0.15, 0.2) is 11.5 Å². The summed E-state index contributed by atoms with van der Waals surface area (Å²) in [6.45, 7) is 8.10. The number of Topliss-reactive ketones (excluding diaryl/α,β-unsaturated/α-hetero) is 1. The van der Waals surface area contributed by atoms with Gasteiger partial charge in [-0.15, -0.1) is 0 Å². The molecule has 1 aliphatic heterocycles. The van der Waals surface area contributed by atoms with Crippen molar-refractivity contribution >= 4 is 34.7 Å². The molecule has 1 amide bonds. The first-order chi connectivity index (χ1) is 18.6. The molecule has 0 bridgehead atoms. The lowest BCUT2D eigenvalue weighted by molar-refractivity contribution is -0.132. The predicted molar refractivity (Wildman–Crippen MR) is 152 cm³/mol. The number of amides is 1. The van der Waals surface area contributed by atoms with E-state index >= 15 is 0 Å². The van der Waals surface area contributed by atoms with E-state index in [1.807, 2.05) is 39.8 Å². The van der Waals surface area contributed by atoms with E-state index in [1.54, 1.807) is 49.6 Å². The van der Waals surface area contributed by atoms with E-state index in [9.17, 15) is 14.7 Å². The van der Waals surface area contributed by atoms with Crippen LogP contribution in [0.25, 0.3) is 5.76 Å². The third-order valence-electron chi connectivity index (χ3n) is 6.81. The van der Waals surface area contributed by atoms with Crippen molar-refractivity contribution in [3.05, 3.63) is 87.4 Å². The Morgan fingerprint density at radius 3 is 2.23 bits per heavy atom. The van der Waals surface area contributed by atoms with Gasteiger partial charge < -0.3 is 19.3 Å². The van der Waals surface area contributed by atoms with Crippen LogP contribution in [0.3, 0.4) is 0 Å². The zero-order chi connectivity index (χ0) is 28.4. The fraction of sp³-hybridized carbons (Fsp3) is 0.290. The molecule has 1 unspecified atom stereocenters. The van der Waals surface area contributed by atoms with E-state index in [4.69, 9.17) is 25.8 Å². The lowest BCUT2D eigenvalue weighted by atomic mass is 9.91. The molecule has 204 valence electrons. The Morgan fingerprint density at radius 1 is 0.974 bits per heavy atom. The summed E-state index contributed by atoms with van der Waals surface area (Å²) in [5, 5.41) is 12.2. The fourth-order valence-electron chi connectivity index (χ4n) is 4.87. The van der Waals surface area contributed by atoms with E-state index < -0.39 is 17.7 Å². The standard InChI is InChI=1S/C31H32ClNO6/c1-7-39-26-15-19(8-13-24(26)37-5)28-27(30(35)31(36)33(28)21-11-9-20(32)10-12-21)29(34)23-16-22(17(2)3)25(38-6)14-18(23)4/h8-17,28,34H,7H2,1-6H3/b29-27+. The summed E-state index contributed by atoms with van der Waals surface area (Å²) in [6, 6.07) is 14.6. The summed E-state index contributed by atoms with van der Waals surface area (Å²) in [5.41, 5.74) is 3.05. The van der Waals surface area contributed by atoms with Crippen LogP contribution in [0.4, 0.5) is 5.69 Å². The van der Waals surface area contributed by atoms with E-state index in [0.29, 0.717) is 51.3 Å². The SMILES string of the molecule is CCOc1cc(C2/C(=C(\O)c3cc(C(C)C)c(OC)cc3C)C(=O)C(=O)N2c2ccc(Cl)cc2)ccc1OC. The topological polar surface area (TPSA) is 85.3 Å². The lowest BCUT2D eigenvalue weighted by Crippen LogP contribution is -2.29. The van der Waals surface area contributed by atoms with Crippen LogP contribution in [0.15, 0.2) is 60.2 Å². The van der Waals surface area contributed by atoms with Gasteiger partial charge in [0.2, 0.25) is 0 Å². The molecule has 1 atom stereocenters. The van der Waals surface area contributed by atoms with Crippen molar-refractivity contribution in [2.75, 3.05) is 25.7 Å². The molecule has 4 rings (SSSR count). The monoisotopic (exact) mass is 549 g/mol. The van der Waals surface area contributed by atoms with Crippen LogP contribution in [-0.4, -0.2) is 37.6 Å². The summed E-state index contributed by atoms with van der Waals surface area (Å²) >= 11 is 6.11. The molecule has 0 aromatic heterocycles. The normalized spacial score (nSPS) is 16.6. The van der Waals surface area contributed by atoms with Gasteiger partial charge in [0.05, 0.1) is 32.4 Å². The number of hydrogen-bond acceptors (Lipinski definition) is 6. The first-order valence-electron chi connectivity index (χ1n) is 12.7. The summed E-state index contributed by atoms with van der Waals surface area (Å²) in [7, 11) is 3.13. The van der Waals surface area contributed by atoms with Crippen molar-refractivity contribution in [1.82, 2.24) is 0 Å². The van der Waals surface area contributed by atoms with Gasteiger partial charge in [-0.3, -0.25) is 14.5 Å². The number of aryl methyl sites for hydroxylation is 1. The number of ketones is 1. The Labute approximate surface area is 233 Å². The van der Waals surface area contributed by atoms with Gasteiger partial charge in [-0.25, -0.2) is 0 Å². The van der Waals surface area contributed by atoms with Gasteiger partial charge in [0, 0.05) is 16.3 Å². The maximum atomic E-state index is 13.6. The van der Waals surface area contributed by atoms with Crippen molar-refractivity contribution in [2.24, 2.45) is 0 Å². The maximum Gasteiger partial charge on any atom is 0.300 e. The highest BCUT2D eigenvalue weighted by atomic mass is 35.5. The number of carbonyl (C=O) groups excluding carboxylic acids is 2. The second kappa shape index (κ2) is 11.4. The average molecular weight is 550 g/mol. The largest absolute Gasteiger partial charge is 0.507 e. The number of benzene rings is 3. The average Bonchev–Trinajstić information content (AvgIpc) is 3.18. The highest BCUT2D eigenvalue weighted by Crippen LogP contribution is 2.45. The zero-order valence-electron chi connectivity index (χ0n) is 22.9. The number of nitrogens with zero attached hydrogens (tertiary/aromatic N) is 1. The smallest absolute Gasteiger partial charge is 0.300 e. The third kappa shape index (κ3) is 5.19. The Bertz CT molecular complexity index is 1440. The highest BCUT2D eigenvalue weighted by Gasteiger charge is 2.47. The highest BCUT2D eigenvalue weighted by molar-refractivity contribution is 6.51. The summed E-state index contributed by atoms with van der Waals surface area (Å²) in [4.78, 5) is 28.5. The zero-order valence-corrected chi connectivity index (χ0v) is 23.6. The summed E-state index contributed by atoms with van der Waals surface area (Å²) in [5.74, 6) is -0.0527. The van der Waals surface area contributed by atoms with E-state index in [0.717, 1.165) is 5.56 Å². The molecule has 0 saturated carbocycles. The third-order valence-corrected chi connectivity index (χ3v) is 7.06. The molecule has 1 heterocycles. The molecule has 3 aromatic carbocycles. The minimum absolute atomic E-state index is 0.0226. The fourth-order valence-corrected chi connectivity index (χ4v) is 5.00. The molecule has 1 N–H and O–H groups in total. The summed E-state index contributed by atoms with van der Waals surface area (Å²) < 4.78 is 16.8. The number of carbonyl (C=O) groups is 2. The first-order valence-corrected chi connectivity index (χ1v) is 13.1. The van der Waals surface area contributed by atoms with Crippen LogP contribution in [-0.2, 0) is 9.59 Å². The van der Waals surface area contributed by atoms with E-state index in [2.05, 4.69) is 0 Å². The molecule has 8 heteroatoms. The lowest BCUT2D eigenvalue weighted by Gasteiger charge is -2.26. The van der Waals surface area contributed by atoms with Gasteiger partial charge in [0.1, 0.15) is 11.5 Å². The van der Waals surface area contributed by atoms with Crippen LogP contribution in [0, 0.1) is 6.92 Å². The van der Waals surface area contributed by atoms with Crippen molar-refractivity contribution < 1.29 is 28.9 Å².